The van der Waals surface area contributed by atoms with E-state index in [0.29, 0.717) is 10.8 Å². The number of nitrogens with zero attached hydrogens (tertiary/aromatic N) is 1. The van der Waals surface area contributed by atoms with E-state index in [1.165, 1.54) is 11.1 Å². The molecule has 0 saturated carbocycles. The van der Waals surface area contributed by atoms with E-state index >= 15 is 0 Å². The molecule has 3 rings (SSSR count). The number of rotatable bonds is 2. The third-order valence-electron chi connectivity index (χ3n) is 3.79. The molecular formula is C17H16ClNOS. The quantitative estimate of drug-likeness (QED) is 0.797. The van der Waals surface area contributed by atoms with Crippen molar-refractivity contribution in [3.63, 3.8) is 0 Å². The Morgan fingerprint density at radius 1 is 1.10 bits per heavy atom. The maximum atomic E-state index is 12.3. The summed E-state index contributed by atoms with van der Waals surface area (Å²) >= 11 is 7.61. The standard InChI is InChI=1S/C17H16ClNOS/c1-11-3-8-15(9-12(11)2)19-16(20)10-21-17(19)13-4-6-14(18)7-5-13/h3-9,17H,10H2,1-2H3/t17-/m1/s1. The number of amides is 1. The minimum atomic E-state index is 0.0249. The minimum absolute atomic E-state index is 0.0249. The van der Waals surface area contributed by atoms with Gasteiger partial charge in [-0.05, 0) is 54.8 Å². The van der Waals surface area contributed by atoms with E-state index in [9.17, 15) is 4.79 Å². The highest BCUT2D eigenvalue weighted by Gasteiger charge is 2.34. The van der Waals surface area contributed by atoms with Gasteiger partial charge in [0, 0.05) is 10.7 Å². The monoisotopic (exact) mass is 317 g/mol. The molecule has 0 unspecified atom stereocenters. The van der Waals surface area contributed by atoms with Gasteiger partial charge in [0.15, 0.2) is 0 Å². The summed E-state index contributed by atoms with van der Waals surface area (Å²) in [5.74, 6) is 0.670. The van der Waals surface area contributed by atoms with Crippen LogP contribution in [0.15, 0.2) is 42.5 Å². The summed E-state index contributed by atoms with van der Waals surface area (Å²) in [6.07, 6.45) is 0. The van der Waals surface area contributed by atoms with Crippen LogP contribution in [0.3, 0.4) is 0 Å². The number of carbonyl (C=O) groups excluding carboxylic acids is 1. The molecule has 1 aliphatic rings. The van der Waals surface area contributed by atoms with Gasteiger partial charge in [-0.1, -0.05) is 29.8 Å². The molecule has 21 heavy (non-hydrogen) atoms. The van der Waals surface area contributed by atoms with Crippen LogP contribution in [0.25, 0.3) is 0 Å². The van der Waals surface area contributed by atoms with Gasteiger partial charge in [0.2, 0.25) is 5.91 Å². The topological polar surface area (TPSA) is 20.3 Å². The van der Waals surface area contributed by atoms with Gasteiger partial charge in [-0.15, -0.1) is 11.8 Å². The fraction of sp³-hybridized carbons (Fsp3) is 0.235. The first kappa shape index (κ1) is 14.5. The van der Waals surface area contributed by atoms with Gasteiger partial charge < -0.3 is 0 Å². The van der Waals surface area contributed by atoms with Crippen LogP contribution in [0.1, 0.15) is 22.1 Å². The van der Waals surface area contributed by atoms with Crippen LogP contribution in [-0.4, -0.2) is 11.7 Å². The van der Waals surface area contributed by atoms with E-state index in [1.54, 1.807) is 11.8 Å². The molecule has 1 saturated heterocycles. The van der Waals surface area contributed by atoms with Crippen molar-refractivity contribution in [1.82, 2.24) is 0 Å². The number of thioether (sulfide) groups is 1. The molecule has 1 heterocycles. The number of halogens is 1. The molecule has 2 nitrogen and oxygen atoms in total. The molecule has 0 spiro atoms. The molecule has 0 aromatic heterocycles. The Balaban J connectivity index is 1.99. The predicted molar refractivity (Wildman–Crippen MR) is 90.1 cm³/mol. The van der Waals surface area contributed by atoms with Crippen molar-refractivity contribution in [2.45, 2.75) is 19.2 Å². The van der Waals surface area contributed by atoms with Crippen LogP contribution in [-0.2, 0) is 4.79 Å². The second-order valence-electron chi connectivity index (χ2n) is 5.25. The molecule has 1 atom stereocenters. The maximum Gasteiger partial charge on any atom is 0.238 e. The van der Waals surface area contributed by atoms with Gasteiger partial charge in [0.1, 0.15) is 5.37 Å². The molecule has 1 fully saturated rings. The van der Waals surface area contributed by atoms with Crippen LogP contribution < -0.4 is 4.90 Å². The third-order valence-corrected chi connectivity index (χ3v) is 5.26. The van der Waals surface area contributed by atoms with Crippen molar-refractivity contribution < 1.29 is 4.79 Å². The molecule has 0 bridgehead atoms. The molecule has 108 valence electrons. The summed E-state index contributed by atoms with van der Waals surface area (Å²) in [5, 5.41) is 0.739. The summed E-state index contributed by atoms with van der Waals surface area (Å²) in [5.41, 5.74) is 4.51. The molecule has 4 heteroatoms. The molecule has 0 N–H and O–H groups in total. The Kier molecular flexibility index (Phi) is 3.96. The minimum Gasteiger partial charge on any atom is -0.295 e. The van der Waals surface area contributed by atoms with E-state index in [-0.39, 0.29) is 11.3 Å². The van der Waals surface area contributed by atoms with Crippen LogP contribution in [0, 0.1) is 13.8 Å². The zero-order valence-corrected chi connectivity index (χ0v) is 13.5. The SMILES string of the molecule is Cc1ccc(N2C(=O)CS[C@@H]2c2ccc(Cl)cc2)cc1C. The van der Waals surface area contributed by atoms with E-state index in [1.807, 2.05) is 35.2 Å². The van der Waals surface area contributed by atoms with E-state index in [4.69, 9.17) is 11.6 Å². The summed E-state index contributed by atoms with van der Waals surface area (Å²) in [7, 11) is 0. The molecule has 2 aromatic rings. The molecule has 2 aromatic carbocycles. The van der Waals surface area contributed by atoms with Crippen LogP contribution >= 0.6 is 23.4 Å². The van der Waals surface area contributed by atoms with E-state index in [2.05, 4.69) is 26.0 Å². The number of hydrogen-bond acceptors (Lipinski definition) is 2. The number of aryl methyl sites for hydroxylation is 2. The largest absolute Gasteiger partial charge is 0.295 e. The summed E-state index contributed by atoms with van der Waals surface area (Å²) in [6.45, 7) is 4.15. The van der Waals surface area contributed by atoms with Crippen molar-refractivity contribution in [2.24, 2.45) is 0 Å². The molecule has 1 amide bonds. The summed E-state index contributed by atoms with van der Waals surface area (Å²) in [6, 6.07) is 13.9. The second-order valence-corrected chi connectivity index (χ2v) is 6.75. The van der Waals surface area contributed by atoms with Crippen molar-refractivity contribution in [1.29, 1.82) is 0 Å². The normalized spacial score (nSPS) is 18.3. The first-order chi connectivity index (χ1) is 10.1. The lowest BCUT2D eigenvalue weighted by atomic mass is 10.1. The number of hydrogen-bond donors (Lipinski definition) is 0. The number of benzene rings is 2. The van der Waals surface area contributed by atoms with Gasteiger partial charge in [-0.2, -0.15) is 0 Å². The first-order valence-corrected chi connectivity index (χ1v) is 8.25. The lowest BCUT2D eigenvalue weighted by Crippen LogP contribution is -2.27. The Morgan fingerprint density at radius 3 is 2.48 bits per heavy atom. The molecular weight excluding hydrogens is 302 g/mol. The number of anilines is 1. The van der Waals surface area contributed by atoms with Gasteiger partial charge in [-0.25, -0.2) is 0 Å². The van der Waals surface area contributed by atoms with Crippen LogP contribution in [0.4, 0.5) is 5.69 Å². The van der Waals surface area contributed by atoms with Gasteiger partial charge >= 0.3 is 0 Å². The summed E-state index contributed by atoms with van der Waals surface area (Å²) < 4.78 is 0. The van der Waals surface area contributed by atoms with Crippen LogP contribution in [0.5, 0.6) is 0 Å². The average molecular weight is 318 g/mol. The second kappa shape index (κ2) is 5.74. The average Bonchev–Trinajstić information content (AvgIpc) is 2.85. The van der Waals surface area contributed by atoms with Crippen molar-refractivity contribution in [3.8, 4) is 0 Å². The van der Waals surface area contributed by atoms with E-state index < -0.39 is 0 Å². The zero-order chi connectivity index (χ0) is 15.0. The maximum absolute atomic E-state index is 12.3. The lowest BCUT2D eigenvalue weighted by Gasteiger charge is -2.25. The lowest BCUT2D eigenvalue weighted by molar-refractivity contribution is -0.115. The highest BCUT2D eigenvalue weighted by atomic mass is 35.5. The summed E-state index contributed by atoms with van der Waals surface area (Å²) in [4.78, 5) is 14.2. The van der Waals surface area contributed by atoms with Crippen molar-refractivity contribution >= 4 is 35.0 Å². The van der Waals surface area contributed by atoms with Gasteiger partial charge in [0.25, 0.3) is 0 Å². The number of carbonyl (C=O) groups is 1. The van der Waals surface area contributed by atoms with Gasteiger partial charge in [0.05, 0.1) is 5.75 Å². The third kappa shape index (κ3) is 2.81. The predicted octanol–water partition coefficient (Wildman–Crippen LogP) is 4.74. The molecule has 1 aliphatic heterocycles. The Morgan fingerprint density at radius 2 is 1.81 bits per heavy atom. The molecule has 0 aliphatic carbocycles. The highest BCUT2D eigenvalue weighted by Crippen LogP contribution is 2.42. The fourth-order valence-corrected chi connectivity index (χ4v) is 3.76. The van der Waals surface area contributed by atoms with Crippen molar-refractivity contribution in [2.75, 3.05) is 10.7 Å². The molecule has 0 radical (unpaired) electrons. The Bertz CT molecular complexity index is 684. The Labute approximate surface area is 134 Å². The van der Waals surface area contributed by atoms with Crippen molar-refractivity contribution in [3.05, 3.63) is 64.2 Å². The highest BCUT2D eigenvalue weighted by molar-refractivity contribution is 8.00. The smallest absolute Gasteiger partial charge is 0.238 e. The van der Waals surface area contributed by atoms with Crippen LogP contribution in [0.2, 0.25) is 5.02 Å². The fourth-order valence-electron chi connectivity index (χ4n) is 2.45. The van der Waals surface area contributed by atoms with Gasteiger partial charge in [-0.3, -0.25) is 9.69 Å². The zero-order valence-electron chi connectivity index (χ0n) is 12.0. The van der Waals surface area contributed by atoms with E-state index in [0.717, 1.165) is 11.3 Å². The first-order valence-electron chi connectivity index (χ1n) is 6.82. The Hall–Kier alpha value is -1.45.